The Morgan fingerprint density at radius 2 is 2.27 bits per heavy atom. The van der Waals surface area contributed by atoms with Crippen LogP contribution in [-0.2, 0) is 4.79 Å². The van der Waals surface area contributed by atoms with E-state index >= 15 is 0 Å². The van der Waals surface area contributed by atoms with E-state index in [0.29, 0.717) is 13.0 Å². The summed E-state index contributed by atoms with van der Waals surface area (Å²) in [5, 5.41) is 11.9. The van der Waals surface area contributed by atoms with Crippen molar-refractivity contribution in [3.05, 3.63) is 0 Å². The second-order valence-electron chi connectivity index (χ2n) is 3.46. The van der Waals surface area contributed by atoms with Crippen LogP contribution < -0.4 is 5.32 Å². The van der Waals surface area contributed by atoms with Gasteiger partial charge in [0.25, 0.3) is 6.43 Å². The fraction of sp³-hybridized carbons (Fsp3) is 0.875. The lowest BCUT2D eigenvalue weighted by molar-refractivity contribution is -0.133. The van der Waals surface area contributed by atoms with Gasteiger partial charge in [0.2, 0.25) is 5.91 Å². The lowest BCUT2D eigenvalue weighted by Gasteiger charge is -2.20. The average Bonchev–Trinajstić information content (AvgIpc) is 2.49. The number of carbonyl (C=O) groups excluding carboxylic acids is 1. The Morgan fingerprint density at radius 3 is 2.67 bits per heavy atom. The minimum Gasteiger partial charge on any atom is -0.392 e. The molecule has 0 aliphatic carbocycles. The Kier molecular flexibility index (Phi) is 6.00. The monoisotopic (exact) mass is 244 g/mol. The van der Waals surface area contributed by atoms with Crippen molar-refractivity contribution in [1.29, 1.82) is 0 Å². The first-order valence-corrected chi connectivity index (χ1v) is 4.45. The van der Waals surface area contributed by atoms with Crippen molar-refractivity contribution in [2.45, 2.75) is 25.0 Å². The highest BCUT2D eigenvalue weighted by atomic mass is 35.5. The zero-order valence-electron chi connectivity index (χ0n) is 8.32. The van der Waals surface area contributed by atoms with Gasteiger partial charge >= 0.3 is 0 Å². The zero-order chi connectivity index (χ0) is 10.7. The highest BCUT2D eigenvalue weighted by molar-refractivity contribution is 5.85. The summed E-state index contributed by atoms with van der Waals surface area (Å²) >= 11 is 0. The third kappa shape index (κ3) is 4.27. The fourth-order valence-corrected chi connectivity index (χ4v) is 1.47. The Balaban J connectivity index is 0.00000196. The molecule has 0 radical (unpaired) electrons. The van der Waals surface area contributed by atoms with E-state index < -0.39 is 25.1 Å². The van der Waals surface area contributed by atoms with Gasteiger partial charge < -0.3 is 15.3 Å². The van der Waals surface area contributed by atoms with Crippen LogP contribution >= 0.6 is 12.4 Å². The maximum Gasteiger partial charge on any atom is 0.255 e. The molecule has 1 aliphatic heterocycles. The minimum atomic E-state index is -2.52. The van der Waals surface area contributed by atoms with Crippen LogP contribution in [0.4, 0.5) is 8.78 Å². The van der Waals surface area contributed by atoms with Gasteiger partial charge in [0.05, 0.1) is 18.7 Å². The van der Waals surface area contributed by atoms with Crippen LogP contribution in [0.1, 0.15) is 6.42 Å². The maximum atomic E-state index is 11.9. The molecular weight excluding hydrogens is 230 g/mol. The number of β-amino-alcohol motifs (C(OH)–C–C–N with tert-alkyl or cyclic N) is 1. The third-order valence-corrected chi connectivity index (χ3v) is 2.19. The number of hydrogen-bond acceptors (Lipinski definition) is 3. The van der Waals surface area contributed by atoms with E-state index in [1.165, 1.54) is 7.05 Å². The van der Waals surface area contributed by atoms with Gasteiger partial charge in [-0.05, 0) is 6.42 Å². The van der Waals surface area contributed by atoms with Crippen molar-refractivity contribution in [3.8, 4) is 0 Å². The van der Waals surface area contributed by atoms with E-state index in [2.05, 4.69) is 5.32 Å². The largest absolute Gasteiger partial charge is 0.392 e. The van der Waals surface area contributed by atoms with Gasteiger partial charge in [-0.1, -0.05) is 0 Å². The topological polar surface area (TPSA) is 52.6 Å². The highest BCUT2D eigenvalue weighted by Gasteiger charge is 2.30. The molecule has 0 bridgehead atoms. The van der Waals surface area contributed by atoms with E-state index in [9.17, 15) is 13.6 Å². The fourth-order valence-electron chi connectivity index (χ4n) is 1.47. The molecule has 2 atom stereocenters. The summed E-state index contributed by atoms with van der Waals surface area (Å²) in [5.41, 5.74) is 0. The number of halogens is 3. The van der Waals surface area contributed by atoms with Crippen molar-refractivity contribution < 1.29 is 18.7 Å². The summed E-state index contributed by atoms with van der Waals surface area (Å²) in [6.07, 6.45) is -2.77. The summed E-state index contributed by atoms with van der Waals surface area (Å²) < 4.78 is 23.9. The van der Waals surface area contributed by atoms with Crippen LogP contribution in [0.5, 0.6) is 0 Å². The molecule has 90 valence electrons. The summed E-state index contributed by atoms with van der Waals surface area (Å²) in [6.45, 7) is -0.216. The predicted molar refractivity (Wildman–Crippen MR) is 53.3 cm³/mol. The smallest absolute Gasteiger partial charge is 0.255 e. The summed E-state index contributed by atoms with van der Waals surface area (Å²) in [4.78, 5) is 12.4. The van der Waals surface area contributed by atoms with E-state index in [0.717, 1.165) is 4.90 Å². The molecule has 0 spiro atoms. The van der Waals surface area contributed by atoms with E-state index in [1.807, 2.05) is 0 Å². The van der Waals surface area contributed by atoms with Crippen molar-refractivity contribution in [1.82, 2.24) is 10.2 Å². The highest BCUT2D eigenvalue weighted by Crippen LogP contribution is 2.09. The molecule has 2 N–H and O–H groups in total. The van der Waals surface area contributed by atoms with Crippen LogP contribution in [0.2, 0.25) is 0 Å². The average molecular weight is 245 g/mol. The number of aliphatic hydroxyl groups is 1. The molecule has 1 saturated heterocycles. The predicted octanol–water partition coefficient (Wildman–Crippen LogP) is -0.146. The van der Waals surface area contributed by atoms with Crippen LogP contribution in [0.15, 0.2) is 0 Å². The number of nitrogens with one attached hydrogen (secondary N) is 1. The molecule has 0 aromatic carbocycles. The second-order valence-corrected chi connectivity index (χ2v) is 3.46. The van der Waals surface area contributed by atoms with Crippen molar-refractivity contribution in [3.63, 3.8) is 0 Å². The Hall–Kier alpha value is -0.460. The first kappa shape index (κ1) is 14.5. The van der Waals surface area contributed by atoms with Gasteiger partial charge in [0.15, 0.2) is 0 Å². The molecule has 1 aliphatic rings. The number of hydrogen-bond donors (Lipinski definition) is 2. The second kappa shape index (κ2) is 6.19. The van der Waals surface area contributed by atoms with Gasteiger partial charge in [-0.25, -0.2) is 8.78 Å². The molecule has 15 heavy (non-hydrogen) atoms. The van der Waals surface area contributed by atoms with Crippen LogP contribution in [0.3, 0.4) is 0 Å². The molecule has 1 rings (SSSR count). The SMILES string of the molecule is CN(CC(F)F)C(=O)[C@H]1C[C@H](O)CN1.Cl. The summed E-state index contributed by atoms with van der Waals surface area (Å²) in [6, 6.07) is -0.520. The number of amides is 1. The van der Waals surface area contributed by atoms with E-state index in [4.69, 9.17) is 5.11 Å². The number of aliphatic hydroxyl groups excluding tert-OH is 1. The number of carbonyl (C=O) groups is 1. The summed E-state index contributed by atoms with van der Waals surface area (Å²) in [5.74, 6) is -0.387. The molecule has 0 saturated carbocycles. The van der Waals surface area contributed by atoms with Crippen molar-refractivity contribution >= 4 is 18.3 Å². The van der Waals surface area contributed by atoms with E-state index in [-0.39, 0.29) is 18.3 Å². The molecular formula is C8H15ClF2N2O2. The van der Waals surface area contributed by atoms with Crippen molar-refractivity contribution in [2.24, 2.45) is 0 Å². The van der Waals surface area contributed by atoms with Crippen LogP contribution in [0, 0.1) is 0 Å². The van der Waals surface area contributed by atoms with Gasteiger partial charge in [-0.2, -0.15) is 0 Å². The van der Waals surface area contributed by atoms with Gasteiger partial charge in [-0.3, -0.25) is 4.79 Å². The molecule has 7 heteroatoms. The van der Waals surface area contributed by atoms with Gasteiger partial charge in [0, 0.05) is 13.6 Å². The van der Waals surface area contributed by atoms with Crippen molar-refractivity contribution in [2.75, 3.05) is 20.1 Å². The lowest BCUT2D eigenvalue weighted by Crippen LogP contribution is -2.43. The molecule has 4 nitrogen and oxygen atoms in total. The Bertz CT molecular complexity index is 219. The minimum absolute atomic E-state index is 0. The Morgan fingerprint density at radius 1 is 1.67 bits per heavy atom. The number of likely N-dealkylation sites (N-methyl/N-ethyl adjacent to an activating group) is 1. The molecule has 1 fully saturated rings. The molecule has 0 aromatic heterocycles. The van der Waals surface area contributed by atoms with Crippen LogP contribution in [0.25, 0.3) is 0 Å². The normalized spacial score (nSPS) is 25.1. The molecule has 0 aromatic rings. The number of alkyl halides is 2. The number of rotatable bonds is 3. The van der Waals surface area contributed by atoms with E-state index in [1.54, 1.807) is 0 Å². The van der Waals surface area contributed by atoms with Crippen LogP contribution in [-0.4, -0.2) is 54.6 Å². The molecule has 1 heterocycles. The first-order valence-electron chi connectivity index (χ1n) is 4.45. The van der Waals surface area contributed by atoms with Gasteiger partial charge in [0.1, 0.15) is 0 Å². The standard InChI is InChI=1S/C8H14F2N2O2.ClH/c1-12(4-7(9)10)8(14)6-2-5(13)3-11-6;/h5-7,11,13H,2-4H2,1H3;1H/t5-,6+;/m0./s1. The van der Waals surface area contributed by atoms with Gasteiger partial charge in [-0.15, -0.1) is 12.4 Å². The quantitative estimate of drug-likeness (QED) is 0.726. The Labute approximate surface area is 93.0 Å². The summed E-state index contributed by atoms with van der Waals surface area (Å²) in [7, 11) is 1.33. The number of nitrogens with zero attached hydrogens (tertiary/aromatic N) is 1. The first-order chi connectivity index (χ1) is 6.50. The maximum absolute atomic E-state index is 11.9. The molecule has 1 amide bonds. The third-order valence-electron chi connectivity index (χ3n) is 2.19. The lowest BCUT2D eigenvalue weighted by atomic mass is 10.2. The molecule has 0 unspecified atom stereocenters. The zero-order valence-corrected chi connectivity index (χ0v) is 9.14.